The van der Waals surface area contributed by atoms with Gasteiger partial charge < -0.3 is 19.7 Å². The maximum Gasteiger partial charge on any atom is 0.408 e. The predicted molar refractivity (Wildman–Crippen MR) is 163 cm³/mol. The van der Waals surface area contributed by atoms with Crippen molar-refractivity contribution < 1.29 is 19.1 Å². The molecule has 3 aromatic heterocycles. The number of nitrogens with zero attached hydrogens (tertiary/aromatic N) is 5. The molecule has 0 bridgehead atoms. The molecule has 0 unspecified atom stereocenters. The number of aromatic nitrogens is 3. The van der Waals surface area contributed by atoms with E-state index in [9.17, 15) is 14.9 Å². The number of alkyl carbamates (subject to hydrolysis) is 1. The number of carbonyl (C=O) groups excluding carboxylic acids is 2. The molecule has 1 amide bonds. The van der Waals surface area contributed by atoms with Gasteiger partial charge in [-0.2, -0.15) is 23.9 Å². The average molecular weight is 581 g/mol. The number of amides is 1. The Morgan fingerprint density at radius 2 is 1.93 bits per heavy atom. The maximum absolute atomic E-state index is 12.9. The third-order valence-electron chi connectivity index (χ3n) is 7.19. The highest BCUT2D eigenvalue weighted by Gasteiger charge is 2.34. The molecule has 1 saturated heterocycles. The highest BCUT2D eigenvalue weighted by Crippen LogP contribution is 2.37. The van der Waals surface area contributed by atoms with Crippen LogP contribution in [0.15, 0.2) is 36.8 Å². The predicted octanol–water partition coefficient (Wildman–Crippen LogP) is 5.26. The van der Waals surface area contributed by atoms with E-state index in [4.69, 9.17) is 14.5 Å². The Hall–Kier alpha value is -3.78. The van der Waals surface area contributed by atoms with Crippen molar-refractivity contribution in [3.63, 3.8) is 0 Å². The third-order valence-corrected chi connectivity index (χ3v) is 7.19. The van der Waals surface area contributed by atoms with Gasteiger partial charge in [0.1, 0.15) is 23.2 Å². The molecular weight excluding hydrogens is 540 g/mol. The molecule has 0 spiro atoms. The number of rotatable bonds is 8. The van der Waals surface area contributed by atoms with Gasteiger partial charge in [0.25, 0.3) is 0 Å². The zero-order chi connectivity index (χ0) is 29.1. The van der Waals surface area contributed by atoms with E-state index >= 15 is 0 Å². The van der Waals surface area contributed by atoms with Crippen molar-refractivity contribution in [2.24, 2.45) is 5.41 Å². The molecule has 1 aliphatic rings. The SMILES string of the molecule is CCOc1cc(-c2ccc(N3CCC(C)(CC(=O)[C@H](C)NC(=O)OC(C)(C)C)CC3)nc2)c2c(C#N)cnn2c1.S. The van der Waals surface area contributed by atoms with Gasteiger partial charge in [0, 0.05) is 36.8 Å². The highest BCUT2D eigenvalue weighted by atomic mass is 32.1. The second-order valence-corrected chi connectivity index (χ2v) is 11.7. The van der Waals surface area contributed by atoms with Gasteiger partial charge in [0.05, 0.1) is 36.1 Å². The number of nitrogens with one attached hydrogen (secondary N) is 1. The topological polar surface area (TPSA) is 122 Å². The largest absolute Gasteiger partial charge is 0.492 e. The van der Waals surface area contributed by atoms with Gasteiger partial charge in [-0.3, -0.25) is 4.79 Å². The Bertz CT molecular complexity index is 1420. The summed E-state index contributed by atoms with van der Waals surface area (Å²) < 4.78 is 12.7. The fourth-order valence-corrected chi connectivity index (χ4v) is 4.97. The second kappa shape index (κ2) is 12.8. The van der Waals surface area contributed by atoms with E-state index < -0.39 is 17.7 Å². The fourth-order valence-electron chi connectivity index (χ4n) is 4.97. The van der Waals surface area contributed by atoms with E-state index in [1.165, 1.54) is 0 Å². The molecule has 3 aromatic rings. The third kappa shape index (κ3) is 7.70. The van der Waals surface area contributed by atoms with Gasteiger partial charge in [0.15, 0.2) is 5.78 Å². The van der Waals surface area contributed by atoms with Gasteiger partial charge in [-0.05, 0) is 71.1 Å². The minimum atomic E-state index is -0.614. The van der Waals surface area contributed by atoms with Crippen LogP contribution in [0.3, 0.4) is 0 Å². The quantitative estimate of drug-likeness (QED) is 0.383. The molecule has 0 aromatic carbocycles. The Morgan fingerprint density at radius 1 is 1.22 bits per heavy atom. The van der Waals surface area contributed by atoms with E-state index in [1.54, 1.807) is 44.6 Å². The van der Waals surface area contributed by atoms with Gasteiger partial charge in [-0.25, -0.2) is 14.3 Å². The van der Waals surface area contributed by atoms with Crippen LogP contribution in [0.4, 0.5) is 10.6 Å². The summed E-state index contributed by atoms with van der Waals surface area (Å²) in [6.07, 6.45) is 6.62. The molecule has 1 fully saturated rings. The summed E-state index contributed by atoms with van der Waals surface area (Å²) in [5.74, 6) is 1.53. The molecule has 1 atom stereocenters. The smallest absolute Gasteiger partial charge is 0.408 e. The van der Waals surface area contributed by atoms with Crippen molar-refractivity contribution in [3.8, 4) is 22.9 Å². The van der Waals surface area contributed by atoms with Gasteiger partial charge in [-0.1, -0.05) is 6.92 Å². The van der Waals surface area contributed by atoms with Crippen LogP contribution in [0, 0.1) is 16.7 Å². The number of piperidine rings is 1. The van der Waals surface area contributed by atoms with Crippen molar-refractivity contribution in [1.29, 1.82) is 5.26 Å². The molecule has 0 saturated carbocycles. The summed E-state index contributed by atoms with van der Waals surface area (Å²) in [4.78, 5) is 31.9. The summed E-state index contributed by atoms with van der Waals surface area (Å²) in [5, 5.41) is 16.6. The number of Topliss-reactive ketones (excluding diaryl/α,β-unsaturated/α-hetero) is 1. The lowest BCUT2D eigenvalue weighted by Gasteiger charge is -2.40. The first kappa shape index (κ1) is 31.7. The first-order valence-electron chi connectivity index (χ1n) is 13.7. The van der Waals surface area contributed by atoms with Crippen LogP contribution < -0.4 is 15.0 Å². The van der Waals surface area contributed by atoms with E-state index in [2.05, 4.69) is 28.3 Å². The lowest BCUT2D eigenvalue weighted by atomic mass is 9.75. The number of pyridine rings is 2. The van der Waals surface area contributed by atoms with Gasteiger partial charge in [-0.15, -0.1) is 0 Å². The molecule has 41 heavy (non-hydrogen) atoms. The first-order valence-corrected chi connectivity index (χ1v) is 13.7. The van der Waals surface area contributed by atoms with Crippen LogP contribution in [0.2, 0.25) is 0 Å². The van der Waals surface area contributed by atoms with Crippen LogP contribution >= 0.6 is 13.5 Å². The summed E-state index contributed by atoms with van der Waals surface area (Å²) in [5.41, 5.74) is 2.14. The second-order valence-electron chi connectivity index (χ2n) is 11.7. The standard InChI is InChI=1S/C30H38N6O4.H2S/c1-7-39-23-14-24(27-22(16-31)18-33-36(27)19-23)21-8-9-26(32-17-21)35-12-10-30(6,11-13-35)15-25(37)20(2)34-28(38)40-29(3,4)5;/h8-9,14,17-20H,7,10-13,15H2,1-6H3,(H,34,38);1H2/t20-;/m0./s1. The van der Waals surface area contributed by atoms with Crippen molar-refractivity contribution in [3.05, 3.63) is 42.4 Å². The minimum absolute atomic E-state index is 0. The molecule has 4 rings (SSSR count). The average Bonchev–Trinajstić information content (AvgIpc) is 3.31. The Morgan fingerprint density at radius 3 is 2.51 bits per heavy atom. The molecule has 220 valence electrons. The van der Waals surface area contributed by atoms with Crippen molar-refractivity contribution in [2.45, 2.75) is 72.4 Å². The van der Waals surface area contributed by atoms with Crippen molar-refractivity contribution >= 4 is 36.7 Å². The molecule has 1 N–H and O–H groups in total. The number of carbonyl (C=O) groups is 2. The highest BCUT2D eigenvalue weighted by molar-refractivity contribution is 7.59. The van der Waals surface area contributed by atoms with E-state index in [0.29, 0.717) is 29.9 Å². The van der Waals surface area contributed by atoms with Crippen molar-refractivity contribution in [1.82, 2.24) is 19.9 Å². The number of ketones is 1. The Balaban J connectivity index is 0.00000462. The van der Waals surface area contributed by atoms with Gasteiger partial charge >= 0.3 is 6.09 Å². The van der Waals surface area contributed by atoms with Crippen LogP contribution in [-0.2, 0) is 9.53 Å². The first-order chi connectivity index (χ1) is 18.9. The Kier molecular flexibility index (Phi) is 9.92. The van der Waals surface area contributed by atoms with E-state index in [0.717, 1.165) is 42.9 Å². The number of hydrogen-bond donors (Lipinski definition) is 1. The summed E-state index contributed by atoms with van der Waals surface area (Å²) in [6.45, 7) is 13.2. The number of fused-ring (bicyclic) bond motifs is 1. The van der Waals surface area contributed by atoms with Crippen LogP contribution in [0.1, 0.15) is 66.4 Å². The molecule has 11 heteroatoms. The van der Waals surface area contributed by atoms with Crippen LogP contribution in [-0.4, -0.2) is 57.8 Å². The lowest BCUT2D eigenvalue weighted by Crippen LogP contribution is -2.45. The normalized spacial score (nSPS) is 15.4. The number of anilines is 1. The zero-order valence-electron chi connectivity index (χ0n) is 24.7. The molecule has 10 nitrogen and oxygen atoms in total. The maximum atomic E-state index is 12.9. The Labute approximate surface area is 248 Å². The van der Waals surface area contributed by atoms with E-state index in [-0.39, 0.29) is 24.7 Å². The van der Waals surface area contributed by atoms with Crippen molar-refractivity contribution in [2.75, 3.05) is 24.6 Å². The lowest BCUT2D eigenvalue weighted by molar-refractivity contribution is -0.123. The summed E-state index contributed by atoms with van der Waals surface area (Å²) >= 11 is 0. The minimum Gasteiger partial charge on any atom is -0.492 e. The molecule has 0 radical (unpaired) electrons. The fraction of sp³-hybridized carbons (Fsp3) is 0.500. The number of hydrogen-bond acceptors (Lipinski definition) is 8. The molecular formula is C30H40N6O4S. The monoisotopic (exact) mass is 580 g/mol. The van der Waals surface area contributed by atoms with Crippen LogP contribution in [0.25, 0.3) is 16.6 Å². The molecule has 4 heterocycles. The number of nitriles is 1. The van der Waals surface area contributed by atoms with E-state index in [1.807, 2.05) is 31.3 Å². The molecule has 0 aliphatic carbocycles. The number of ether oxygens (including phenoxy) is 2. The zero-order valence-corrected chi connectivity index (χ0v) is 25.7. The van der Waals surface area contributed by atoms with Crippen LogP contribution in [0.5, 0.6) is 5.75 Å². The summed E-state index contributed by atoms with van der Waals surface area (Å²) in [6, 6.07) is 7.52. The summed E-state index contributed by atoms with van der Waals surface area (Å²) in [7, 11) is 0. The van der Waals surface area contributed by atoms with Gasteiger partial charge in [0.2, 0.25) is 0 Å². The molecule has 1 aliphatic heterocycles.